The van der Waals surface area contributed by atoms with Crippen LogP contribution >= 0.6 is 34.9 Å². The summed E-state index contributed by atoms with van der Waals surface area (Å²) >= 11 is 5.19. The molecule has 59 heavy (non-hydrogen) atoms. The second-order valence-corrected chi connectivity index (χ2v) is 17.1. The number of nitrogens with zero attached hydrogens (tertiary/aromatic N) is 4. The van der Waals surface area contributed by atoms with E-state index >= 15 is 0 Å². The van der Waals surface area contributed by atoms with Crippen LogP contribution in [-0.2, 0) is 42.1 Å². The van der Waals surface area contributed by atoms with Crippen molar-refractivity contribution < 1.29 is 51.6 Å². The Balaban J connectivity index is 0.00000198. The Labute approximate surface area is 382 Å². The second-order valence-electron chi connectivity index (χ2n) is 14.1. The Morgan fingerprint density at radius 1 is 0.492 bits per heavy atom. The van der Waals surface area contributed by atoms with Gasteiger partial charge in [0, 0.05) is 83.9 Å². The molecule has 4 aliphatic rings. The summed E-state index contributed by atoms with van der Waals surface area (Å²) in [7, 11) is 0. The van der Waals surface area contributed by atoms with E-state index in [0.717, 1.165) is 83.3 Å². The average molecular weight is 1170 g/mol. The maximum Gasteiger partial charge on any atom is 0.212 e. The van der Waals surface area contributed by atoms with Gasteiger partial charge in [-0.1, -0.05) is 17.0 Å². The predicted molar refractivity (Wildman–Crippen MR) is 226 cm³/mol. The van der Waals surface area contributed by atoms with E-state index < -0.39 is 0 Å². The summed E-state index contributed by atoms with van der Waals surface area (Å²) in [5.74, 6) is 3.06. The van der Waals surface area contributed by atoms with Gasteiger partial charge in [0.15, 0.2) is 0 Å². The van der Waals surface area contributed by atoms with Gasteiger partial charge in [-0.05, 0) is 63.0 Å². The van der Waals surface area contributed by atoms with Crippen molar-refractivity contribution in [1.82, 2.24) is 19.6 Å². The zero-order valence-corrected chi connectivity index (χ0v) is 37.2. The fraction of sp³-hybridized carbons (Fsp3) is 0. The number of fused-ring (bicyclic) bond motifs is 8. The maximum absolute atomic E-state index is 6.50. The molecule has 4 aliphatic heterocycles. The van der Waals surface area contributed by atoms with Crippen molar-refractivity contribution in [2.24, 2.45) is 0 Å². The maximum atomic E-state index is 6.50. The summed E-state index contributed by atoms with van der Waals surface area (Å²) in [6, 6.07) is 52.0. The Morgan fingerprint density at radius 3 is 1.75 bits per heavy atom. The van der Waals surface area contributed by atoms with Gasteiger partial charge < -0.3 is 38.0 Å². The standard InChI is InChI=1S/C46H20B2N4O2S3.2Pt/c1-5-38-45-39(6-1)54-37-14-11-30(51-19-3-17-49-51)24-33(37)47(45)32-21-27(9-13-36(32)53-38)29-23-44(55-26-29)28-10-15-40-34(22-28)48-35-25-31(52-20-4-18-50-52)12-16-41(35)57-43-8-2-7-42(56-40)46(43)48;;/h1-20H;;/q-6;;. The predicted octanol–water partition coefficient (Wildman–Crippen LogP) is 6.42. The van der Waals surface area contributed by atoms with Gasteiger partial charge in [0.1, 0.15) is 11.5 Å². The van der Waals surface area contributed by atoms with Gasteiger partial charge in [0.25, 0.3) is 0 Å². The molecule has 0 bridgehead atoms. The molecule has 0 amide bonds. The minimum Gasteiger partial charge on any atom is -0.518 e. The zero-order valence-electron chi connectivity index (χ0n) is 30.2. The SMILES string of the molecule is [Pt].[Pt].[c-]1sc(-c2[c-]c3c(cc2)Sc2cccc4c2B3c2[c-]c(-n3cccn3)ccc2S4)[c-]c1-c1[c-]c2c(cc1)Oc1cccc3c1B2c1[c-]c(-n2cccn2)ccc1O3. The zero-order chi connectivity index (χ0) is 37.2. The van der Waals surface area contributed by atoms with Crippen molar-refractivity contribution in [3.05, 3.63) is 158 Å². The molecule has 0 spiro atoms. The van der Waals surface area contributed by atoms with E-state index in [2.05, 4.69) is 88.4 Å². The summed E-state index contributed by atoms with van der Waals surface area (Å²) in [5.41, 5.74) is 11.0. The van der Waals surface area contributed by atoms with Crippen LogP contribution in [0.5, 0.6) is 23.0 Å². The Hall–Kier alpha value is -4.75. The Bertz CT molecular complexity index is 2900. The van der Waals surface area contributed by atoms with Gasteiger partial charge >= 0.3 is 0 Å². The molecule has 0 atom stereocenters. The average Bonchev–Trinajstić information content (AvgIpc) is 4.08. The minimum atomic E-state index is -0.196. The van der Waals surface area contributed by atoms with E-state index in [0.29, 0.717) is 0 Å². The molecule has 9 aromatic rings. The molecule has 0 unspecified atom stereocenters. The summed E-state index contributed by atoms with van der Waals surface area (Å²) in [5, 5.41) is 12.5. The Morgan fingerprint density at radius 2 is 1.05 bits per heavy atom. The summed E-state index contributed by atoms with van der Waals surface area (Å²) in [4.78, 5) is 5.95. The first-order valence-corrected chi connectivity index (χ1v) is 20.8. The van der Waals surface area contributed by atoms with Crippen molar-refractivity contribution >= 4 is 81.1 Å². The first kappa shape index (κ1) is 37.3. The quantitative estimate of drug-likeness (QED) is 0.150. The monoisotopic (exact) mass is 1170 g/mol. The van der Waals surface area contributed by atoms with Crippen LogP contribution in [0.4, 0.5) is 0 Å². The molecule has 6 nitrogen and oxygen atoms in total. The van der Waals surface area contributed by atoms with Gasteiger partial charge in [-0.25, -0.2) is 12.1 Å². The van der Waals surface area contributed by atoms with Crippen LogP contribution in [-0.4, -0.2) is 33.0 Å². The van der Waals surface area contributed by atoms with Gasteiger partial charge in [0.05, 0.1) is 0 Å². The topological polar surface area (TPSA) is 54.1 Å². The fourth-order valence-electron chi connectivity index (χ4n) is 8.37. The van der Waals surface area contributed by atoms with Gasteiger partial charge in [-0.2, -0.15) is 56.1 Å². The van der Waals surface area contributed by atoms with Crippen LogP contribution in [0.15, 0.2) is 141 Å². The fourth-order valence-corrected chi connectivity index (χ4v) is 11.5. The van der Waals surface area contributed by atoms with Crippen LogP contribution in [0.25, 0.3) is 32.9 Å². The molecule has 0 saturated heterocycles. The van der Waals surface area contributed by atoms with Gasteiger partial charge in [-0.15, -0.1) is 75.5 Å². The largest absolute Gasteiger partial charge is 0.518 e. The molecular weight excluding hydrogens is 1150 g/mol. The number of hydrogen-bond donors (Lipinski definition) is 0. The Kier molecular flexibility index (Phi) is 9.13. The van der Waals surface area contributed by atoms with E-state index in [1.54, 1.807) is 23.7 Å². The van der Waals surface area contributed by atoms with Crippen LogP contribution in [0, 0.1) is 35.7 Å². The third-order valence-corrected chi connectivity index (χ3v) is 14.0. The molecule has 0 N–H and O–H groups in total. The molecular formula is C46H20B2N4O2Pt2S3-6. The third kappa shape index (κ3) is 5.88. The van der Waals surface area contributed by atoms with Gasteiger partial charge in [0.2, 0.25) is 13.4 Å². The number of aromatic nitrogens is 4. The molecule has 0 saturated carbocycles. The number of hydrogen-bond acceptors (Lipinski definition) is 7. The van der Waals surface area contributed by atoms with Crippen LogP contribution in [0.2, 0.25) is 0 Å². The normalized spacial score (nSPS) is 13.2. The van der Waals surface area contributed by atoms with Crippen molar-refractivity contribution in [3.8, 4) is 55.9 Å². The number of thiophene rings is 1. The van der Waals surface area contributed by atoms with Gasteiger partial charge in [-0.3, -0.25) is 14.7 Å². The first-order valence-electron chi connectivity index (χ1n) is 18.4. The smallest absolute Gasteiger partial charge is 0.212 e. The summed E-state index contributed by atoms with van der Waals surface area (Å²) in [6.45, 7) is -0.198. The van der Waals surface area contributed by atoms with Crippen LogP contribution in [0.3, 0.4) is 0 Å². The van der Waals surface area contributed by atoms with Crippen LogP contribution < -0.4 is 42.3 Å². The molecule has 0 fully saturated rings. The molecule has 3 aromatic heterocycles. The summed E-state index contributed by atoms with van der Waals surface area (Å²) in [6.07, 6.45) is 7.45. The van der Waals surface area contributed by atoms with Crippen molar-refractivity contribution in [2.75, 3.05) is 0 Å². The molecule has 13 rings (SSSR count). The third-order valence-electron chi connectivity index (χ3n) is 10.9. The first-order chi connectivity index (χ1) is 28.2. The summed E-state index contributed by atoms with van der Waals surface area (Å²) < 4.78 is 16.6. The van der Waals surface area contributed by atoms with Crippen molar-refractivity contribution in [2.45, 2.75) is 19.6 Å². The molecule has 7 heterocycles. The van der Waals surface area contributed by atoms with E-state index in [9.17, 15) is 0 Å². The number of rotatable bonds is 4. The molecule has 13 heteroatoms. The molecule has 0 radical (unpaired) electrons. The van der Waals surface area contributed by atoms with E-state index in [1.807, 2.05) is 99.9 Å². The molecule has 6 aromatic carbocycles. The van der Waals surface area contributed by atoms with Crippen molar-refractivity contribution in [1.29, 1.82) is 0 Å². The molecule has 286 valence electrons. The minimum absolute atomic E-state index is 0. The second kappa shape index (κ2) is 14.5. The van der Waals surface area contributed by atoms with E-state index in [-0.39, 0.29) is 55.6 Å². The number of benzene rings is 6. The van der Waals surface area contributed by atoms with Crippen molar-refractivity contribution in [3.63, 3.8) is 0 Å². The van der Waals surface area contributed by atoms with Crippen LogP contribution in [0.1, 0.15) is 0 Å². The number of ether oxygens (including phenoxy) is 2. The van der Waals surface area contributed by atoms with E-state index in [1.165, 1.54) is 25.0 Å². The van der Waals surface area contributed by atoms with E-state index in [4.69, 9.17) is 9.47 Å². The molecule has 0 aliphatic carbocycles.